The minimum atomic E-state index is -0.957. The van der Waals surface area contributed by atoms with Gasteiger partial charge in [0.25, 0.3) is 0 Å². The van der Waals surface area contributed by atoms with Crippen LogP contribution in [0.4, 0.5) is 14.5 Å². The van der Waals surface area contributed by atoms with Crippen LogP contribution in [-0.2, 0) is 17.8 Å². The highest BCUT2D eigenvalue weighted by atomic mass is 19.2. The number of rotatable bonds is 6. The molecule has 0 saturated heterocycles. The summed E-state index contributed by atoms with van der Waals surface area (Å²) >= 11 is 0. The van der Waals surface area contributed by atoms with Crippen LogP contribution in [0.3, 0.4) is 0 Å². The highest BCUT2D eigenvalue weighted by Crippen LogP contribution is 2.26. The van der Waals surface area contributed by atoms with Crippen molar-refractivity contribution in [1.82, 2.24) is 15.0 Å². The van der Waals surface area contributed by atoms with Gasteiger partial charge in [0.05, 0.1) is 31.2 Å². The van der Waals surface area contributed by atoms with Crippen LogP contribution < -0.4 is 4.90 Å². The zero-order valence-electron chi connectivity index (χ0n) is 18.1. The number of carbonyl (C=O) groups is 1. The van der Waals surface area contributed by atoms with Crippen molar-refractivity contribution in [2.45, 2.75) is 13.0 Å². The third-order valence-corrected chi connectivity index (χ3v) is 5.74. The highest BCUT2D eigenvalue weighted by molar-refractivity contribution is 5.97. The zero-order valence-corrected chi connectivity index (χ0v) is 18.1. The summed E-state index contributed by atoms with van der Waals surface area (Å²) in [7, 11) is 0. The Morgan fingerprint density at radius 2 is 1.68 bits per heavy atom. The molecule has 0 aliphatic rings. The van der Waals surface area contributed by atoms with Gasteiger partial charge in [-0.1, -0.05) is 48.5 Å². The number of pyridine rings is 1. The standard InChI is InChI=1S/C27H20F2N4O/c28-24-7-3-5-20(27(24)29)16-33(22-10-8-18(9-11-22)25-15-31-17-32-25)26(34)12-21-14-30-13-19-4-1-2-6-23(19)21/h1-11,13-15,17H,12,16H2,(H,31,32). The van der Waals surface area contributed by atoms with Gasteiger partial charge in [0, 0.05) is 29.0 Å². The number of anilines is 1. The second-order valence-corrected chi connectivity index (χ2v) is 7.90. The van der Waals surface area contributed by atoms with Crippen LogP contribution >= 0.6 is 0 Å². The maximum Gasteiger partial charge on any atom is 0.231 e. The molecule has 0 fully saturated rings. The minimum absolute atomic E-state index is 0.0631. The van der Waals surface area contributed by atoms with Crippen molar-refractivity contribution in [3.05, 3.63) is 114 Å². The van der Waals surface area contributed by atoms with E-state index in [0.29, 0.717) is 5.69 Å². The number of halogens is 2. The molecule has 0 spiro atoms. The third kappa shape index (κ3) is 4.28. The fourth-order valence-electron chi connectivity index (χ4n) is 3.98. The van der Waals surface area contributed by atoms with Gasteiger partial charge < -0.3 is 9.88 Å². The quantitative estimate of drug-likeness (QED) is 0.359. The molecule has 0 aliphatic carbocycles. The van der Waals surface area contributed by atoms with Gasteiger partial charge in [-0.15, -0.1) is 0 Å². The SMILES string of the molecule is O=C(Cc1cncc2ccccc12)N(Cc1cccc(F)c1F)c1ccc(-c2cnc[nH]2)cc1. The van der Waals surface area contributed by atoms with Crippen LogP contribution in [0.25, 0.3) is 22.0 Å². The first-order valence-electron chi connectivity index (χ1n) is 10.7. The number of hydrogen-bond donors (Lipinski definition) is 1. The van der Waals surface area contributed by atoms with E-state index in [1.54, 1.807) is 37.1 Å². The number of nitrogens with zero attached hydrogens (tertiary/aromatic N) is 3. The molecule has 1 amide bonds. The minimum Gasteiger partial charge on any atom is -0.345 e. The predicted molar refractivity (Wildman–Crippen MR) is 127 cm³/mol. The molecule has 2 heterocycles. The largest absolute Gasteiger partial charge is 0.345 e. The number of aromatic nitrogens is 3. The topological polar surface area (TPSA) is 61.9 Å². The molecule has 0 atom stereocenters. The Labute approximate surface area is 194 Å². The van der Waals surface area contributed by atoms with Gasteiger partial charge in [-0.25, -0.2) is 13.8 Å². The average Bonchev–Trinajstić information content (AvgIpc) is 3.40. The maximum atomic E-state index is 14.5. The Kier molecular flexibility index (Phi) is 5.82. The summed E-state index contributed by atoms with van der Waals surface area (Å²) < 4.78 is 28.4. The summed E-state index contributed by atoms with van der Waals surface area (Å²) in [5.74, 6) is -2.16. The van der Waals surface area contributed by atoms with Crippen LogP contribution in [0, 0.1) is 11.6 Å². The van der Waals surface area contributed by atoms with E-state index in [9.17, 15) is 13.6 Å². The van der Waals surface area contributed by atoms with Gasteiger partial charge in [0.2, 0.25) is 5.91 Å². The van der Waals surface area contributed by atoms with E-state index in [0.717, 1.165) is 33.7 Å². The van der Waals surface area contributed by atoms with Gasteiger partial charge in [-0.05, 0) is 34.7 Å². The van der Waals surface area contributed by atoms with Crippen molar-refractivity contribution in [2.24, 2.45) is 0 Å². The molecule has 0 bridgehead atoms. The van der Waals surface area contributed by atoms with E-state index >= 15 is 0 Å². The number of carbonyl (C=O) groups excluding carboxylic acids is 1. The normalized spacial score (nSPS) is 11.0. The Hall–Kier alpha value is -4.39. The lowest BCUT2D eigenvalue weighted by molar-refractivity contribution is -0.118. The van der Waals surface area contributed by atoms with Crippen LogP contribution in [0.15, 0.2) is 91.6 Å². The first kappa shape index (κ1) is 21.5. The molecule has 0 aliphatic heterocycles. The number of aromatic amines is 1. The molecule has 7 heteroatoms. The molecule has 5 nitrogen and oxygen atoms in total. The Bertz CT molecular complexity index is 1440. The van der Waals surface area contributed by atoms with E-state index in [-0.39, 0.29) is 24.4 Å². The fourth-order valence-corrected chi connectivity index (χ4v) is 3.98. The van der Waals surface area contributed by atoms with Gasteiger partial charge >= 0.3 is 0 Å². The van der Waals surface area contributed by atoms with Gasteiger partial charge in [0.15, 0.2) is 11.6 Å². The number of H-pyrrole nitrogens is 1. The van der Waals surface area contributed by atoms with Gasteiger partial charge in [0.1, 0.15) is 0 Å². The molecule has 2 aromatic heterocycles. The lowest BCUT2D eigenvalue weighted by Gasteiger charge is -2.24. The molecule has 5 rings (SSSR count). The summed E-state index contributed by atoms with van der Waals surface area (Å²) in [6, 6.07) is 18.9. The molecule has 5 aromatic rings. The Balaban J connectivity index is 1.50. The van der Waals surface area contributed by atoms with E-state index in [4.69, 9.17) is 0 Å². The van der Waals surface area contributed by atoms with Crippen molar-refractivity contribution in [3.63, 3.8) is 0 Å². The van der Waals surface area contributed by atoms with E-state index in [2.05, 4.69) is 15.0 Å². The van der Waals surface area contributed by atoms with Crippen molar-refractivity contribution < 1.29 is 13.6 Å². The number of nitrogens with one attached hydrogen (secondary N) is 1. The van der Waals surface area contributed by atoms with Crippen LogP contribution in [0.5, 0.6) is 0 Å². The molecule has 0 unspecified atom stereocenters. The smallest absolute Gasteiger partial charge is 0.231 e. The lowest BCUT2D eigenvalue weighted by Crippen LogP contribution is -2.32. The maximum absolute atomic E-state index is 14.5. The molecular formula is C27H20F2N4O. The first-order valence-corrected chi connectivity index (χ1v) is 10.7. The molecular weight excluding hydrogens is 434 g/mol. The number of hydrogen-bond acceptors (Lipinski definition) is 3. The third-order valence-electron chi connectivity index (χ3n) is 5.74. The molecule has 0 radical (unpaired) electrons. The summed E-state index contributed by atoms with van der Waals surface area (Å²) in [4.78, 5) is 26.3. The molecule has 0 saturated carbocycles. The number of fused-ring (bicyclic) bond motifs is 1. The van der Waals surface area contributed by atoms with Crippen molar-refractivity contribution in [3.8, 4) is 11.3 Å². The Morgan fingerprint density at radius 1 is 0.853 bits per heavy atom. The van der Waals surface area contributed by atoms with E-state index in [1.165, 1.54) is 17.0 Å². The number of imidazole rings is 1. The Morgan fingerprint density at radius 3 is 2.47 bits per heavy atom. The van der Waals surface area contributed by atoms with Gasteiger partial charge in [-0.2, -0.15) is 0 Å². The monoisotopic (exact) mass is 454 g/mol. The van der Waals surface area contributed by atoms with Crippen LogP contribution in [0.2, 0.25) is 0 Å². The average molecular weight is 454 g/mol. The van der Waals surface area contributed by atoms with Gasteiger partial charge in [-0.3, -0.25) is 9.78 Å². The van der Waals surface area contributed by atoms with Crippen molar-refractivity contribution in [1.29, 1.82) is 0 Å². The molecule has 3 aromatic carbocycles. The fraction of sp³-hybridized carbons (Fsp3) is 0.0741. The molecule has 34 heavy (non-hydrogen) atoms. The van der Waals surface area contributed by atoms with E-state index < -0.39 is 11.6 Å². The second-order valence-electron chi connectivity index (χ2n) is 7.90. The lowest BCUT2D eigenvalue weighted by atomic mass is 10.0. The number of benzene rings is 3. The van der Waals surface area contributed by atoms with Crippen molar-refractivity contribution in [2.75, 3.05) is 4.90 Å². The van der Waals surface area contributed by atoms with Crippen LogP contribution in [0.1, 0.15) is 11.1 Å². The number of amides is 1. The molecule has 1 N–H and O–H groups in total. The van der Waals surface area contributed by atoms with Crippen molar-refractivity contribution >= 4 is 22.4 Å². The summed E-state index contributed by atoms with van der Waals surface area (Å²) in [6.07, 6.45) is 6.77. The van der Waals surface area contributed by atoms with Crippen LogP contribution in [-0.4, -0.2) is 20.9 Å². The van der Waals surface area contributed by atoms with E-state index in [1.807, 2.05) is 36.4 Å². The summed E-state index contributed by atoms with van der Waals surface area (Å²) in [6.45, 7) is -0.107. The summed E-state index contributed by atoms with van der Waals surface area (Å²) in [5, 5.41) is 1.86. The zero-order chi connectivity index (χ0) is 23.5. The second kappa shape index (κ2) is 9.23. The molecule has 168 valence electrons. The summed E-state index contributed by atoms with van der Waals surface area (Å²) in [5.41, 5.74) is 3.17. The highest BCUT2D eigenvalue weighted by Gasteiger charge is 2.21. The predicted octanol–water partition coefficient (Wildman–Crippen LogP) is 5.68. The first-order chi connectivity index (χ1) is 16.6.